The first-order valence-electron chi connectivity index (χ1n) is 3.62. The fourth-order valence-electron chi connectivity index (χ4n) is 1.02. The van der Waals surface area contributed by atoms with Gasteiger partial charge in [-0.3, -0.25) is 4.21 Å². The molecule has 0 bridgehead atoms. The van der Waals surface area contributed by atoms with Crippen molar-refractivity contribution >= 4 is 16.8 Å². The number of hydrogen-bond acceptors (Lipinski definition) is 4. The van der Waals surface area contributed by atoms with Crippen molar-refractivity contribution in [2.45, 2.75) is 5.75 Å². The Balaban J connectivity index is 3.01. The molecule has 1 atom stereocenters. The highest BCUT2D eigenvalue weighted by Crippen LogP contribution is 2.25. The maximum absolute atomic E-state index is 10.4. The van der Waals surface area contributed by atoms with E-state index in [0.717, 1.165) is 0 Å². The van der Waals surface area contributed by atoms with E-state index in [1.807, 2.05) is 0 Å². The number of nitrogen functional groups attached to an aromatic ring is 1. The van der Waals surface area contributed by atoms with Gasteiger partial charge in [-0.25, -0.2) is 0 Å². The molecule has 0 heterocycles. The predicted octanol–water partition coefficient (Wildman–Crippen LogP) is 0.656. The smallest absolute Gasteiger partial charge is 0.142 e. The van der Waals surface area contributed by atoms with Crippen LogP contribution in [-0.2, 0) is 16.8 Å². The van der Waals surface area contributed by atoms with Crippen LogP contribution in [0.3, 0.4) is 0 Å². The second kappa shape index (κ2) is 4.25. The molecule has 0 aliphatic carbocycles. The summed E-state index contributed by atoms with van der Waals surface area (Å²) in [5.74, 6) is 0.422. The molecule has 13 heavy (non-hydrogen) atoms. The largest absolute Gasteiger partial charge is 0.772 e. The van der Waals surface area contributed by atoms with E-state index in [-0.39, 0.29) is 5.75 Å². The van der Waals surface area contributed by atoms with Gasteiger partial charge in [0.2, 0.25) is 0 Å². The maximum atomic E-state index is 10.4. The number of hydrogen-bond donors (Lipinski definition) is 1. The van der Waals surface area contributed by atoms with Crippen molar-refractivity contribution < 1.29 is 13.5 Å². The predicted molar refractivity (Wildman–Crippen MR) is 50.0 cm³/mol. The molecule has 0 saturated heterocycles. The number of nitrogens with two attached hydrogens (primary N) is 1. The lowest BCUT2D eigenvalue weighted by Crippen LogP contribution is -2.01. The topological polar surface area (TPSA) is 75.4 Å². The molecule has 0 aromatic heterocycles. The Bertz CT molecular complexity index is 327. The Kier molecular flexibility index (Phi) is 3.27. The second-order valence-corrected chi connectivity index (χ2v) is 3.38. The van der Waals surface area contributed by atoms with Crippen molar-refractivity contribution in [1.29, 1.82) is 0 Å². The summed E-state index contributed by atoms with van der Waals surface area (Å²) in [6.45, 7) is 0. The van der Waals surface area contributed by atoms with Crippen LogP contribution in [0.15, 0.2) is 18.2 Å². The minimum atomic E-state index is -2.12. The zero-order chi connectivity index (χ0) is 9.84. The monoisotopic (exact) mass is 200 g/mol. The summed E-state index contributed by atoms with van der Waals surface area (Å²) in [4.78, 5) is 0. The Morgan fingerprint density at radius 1 is 1.62 bits per heavy atom. The quantitative estimate of drug-likeness (QED) is 0.574. The van der Waals surface area contributed by atoms with Crippen molar-refractivity contribution in [3.63, 3.8) is 0 Å². The number of methoxy groups -OCH3 is 1. The molecule has 0 amide bonds. The summed E-state index contributed by atoms with van der Waals surface area (Å²) in [5.41, 5.74) is 6.59. The molecule has 4 nitrogen and oxygen atoms in total. The molecule has 1 aromatic carbocycles. The standard InChI is InChI=1S/C8H11NO3S/c1-12-7-4-2-3-6(8(7)9)5-13(10)11/h2-4H,5,9H2,1H3,(H,10,11)/p-1. The lowest BCUT2D eigenvalue weighted by molar-refractivity contribution is 0.416. The number of rotatable bonds is 3. The highest BCUT2D eigenvalue weighted by atomic mass is 32.2. The van der Waals surface area contributed by atoms with Crippen molar-refractivity contribution in [3.05, 3.63) is 23.8 Å². The van der Waals surface area contributed by atoms with Crippen LogP contribution in [-0.4, -0.2) is 15.9 Å². The molecule has 0 spiro atoms. The van der Waals surface area contributed by atoms with Gasteiger partial charge >= 0.3 is 0 Å². The van der Waals surface area contributed by atoms with E-state index in [2.05, 4.69) is 0 Å². The number of anilines is 1. The van der Waals surface area contributed by atoms with Gasteiger partial charge in [-0.05, 0) is 11.6 Å². The summed E-state index contributed by atoms with van der Waals surface area (Å²) >= 11 is -2.12. The zero-order valence-electron chi connectivity index (χ0n) is 7.15. The number of para-hydroxylation sites is 1. The van der Waals surface area contributed by atoms with Gasteiger partial charge in [-0.1, -0.05) is 23.2 Å². The van der Waals surface area contributed by atoms with E-state index in [0.29, 0.717) is 17.0 Å². The van der Waals surface area contributed by atoms with E-state index in [1.165, 1.54) is 7.11 Å². The first kappa shape index (κ1) is 10.0. The molecule has 1 rings (SSSR count). The minimum Gasteiger partial charge on any atom is -0.772 e. The molecule has 1 aromatic rings. The molecule has 2 N–H and O–H groups in total. The molecule has 0 aliphatic heterocycles. The third-order valence-corrected chi connectivity index (χ3v) is 2.20. The van der Waals surface area contributed by atoms with Gasteiger partial charge in [0, 0.05) is 5.75 Å². The lowest BCUT2D eigenvalue weighted by Gasteiger charge is -2.10. The molecular weight excluding hydrogens is 190 g/mol. The average Bonchev–Trinajstić information content (AvgIpc) is 2.08. The summed E-state index contributed by atoms with van der Waals surface area (Å²) in [6, 6.07) is 5.05. The van der Waals surface area contributed by atoms with E-state index in [9.17, 15) is 8.76 Å². The third kappa shape index (κ3) is 2.43. The summed E-state index contributed by atoms with van der Waals surface area (Å²) in [6.07, 6.45) is 0. The number of benzene rings is 1. The van der Waals surface area contributed by atoms with Crippen molar-refractivity contribution in [2.75, 3.05) is 12.8 Å². The van der Waals surface area contributed by atoms with Crippen LogP contribution >= 0.6 is 0 Å². The first-order chi connectivity index (χ1) is 6.15. The Morgan fingerprint density at radius 3 is 2.85 bits per heavy atom. The summed E-state index contributed by atoms with van der Waals surface area (Å²) < 4.78 is 25.8. The Hall–Kier alpha value is -1.07. The molecule has 0 saturated carbocycles. The van der Waals surface area contributed by atoms with E-state index in [4.69, 9.17) is 10.5 Å². The van der Waals surface area contributed by atoms with Gasteiger partial charge in [-0.2, -0.15) is 0 Å². The normalized spacial score (nSPS) is 12.5. The maximum Gasteiger partial charge on any atom is 0.142 e. The molecular formula is C8H10NO3S-. The molecule has 0 fully saturated rings. The van der Waals surface area contributed by atoms with Crippen molar-refractivity contribution in [1.82, 2.24) is 0 Å². The second-order valence-electron chi connectivity index (χ2n) is 2.48. The highest BCUT2D eigenvalue weighted by molar-refractivity contribution is 7.78. The molecule has 72 valence electrons. The van der Waals surface area contributed by atoms with Crippen LogP contribution in [0.2, 0.25) is 0 Å². The first-order valence-corrected chi connectivity index (χ1v) is 4.86. The third-order valence-electron chi connectivity index (χ3n) is 1.65. The SMILES string of the molecule is COc1cccc(CS(=O)[O-])c1N. The van der Waals surface area contributed by atoms with Crippen LogP contribution in [0.1, 0.15) is 5.56 Å². The van der Waals surface area contributed by atoms with Crippen LogP contribution in [0.25, 0.3) is 0 Å². The summed E-state index contributed by atoms with van der Waals surface area (Å²) in [5, 5.41) is 0. The van der Waals surface area contributed by atoms with Gasteiger partial charge in [0.15, 0.2) is 0 Å². The van der Waals surface area contributed by atoms with E-state index >= 15 is 0 Å². The minimum absolute atomic E-state index is 0.0803. The fraction of sp³-hybridized carbons (Fsp3) is 0.250. The van der Waals surface area contributed by atoms with Crippen LogP contribution < -0.4 is 10.5 Å². The van der Waals surface area contributed by atoms with Crippen molar-refractivity contribution in [3.8, 4) is 5.75 Å². The summed E-state index contributed by atoms with van der Waals surface area (Å²) in [7, 11) is 1.49. The molecule has 0 aliphatic rings. The number of ether oxygens (including phenoxy) is 1. The van der Waals surface area contributed by atoms with Gasteiger partial charge in [0.1, 0.15) is 5.75 Å². The van der Waals surface area contributed by atoms with Crippen LogP contribution in [0, 0.1) is 0 Å². The lowest BCUT2D eigenvalue weighted by atomic mass is 10.2. The van der Waals surface area contributed by atoms with Gasteiger partial charge in [0.25, 0.3) is 0 Å². The highest BCUT2D eigenvalue weighted by Gasteiger charge is 2.04. The zero-order valence-corrected chi connectivity index (χ0v) is 7.97. The fourth-order valence-corrected chi connectivity index (χ4v) is 1.53. The van der Waals surface area contributed by atoms with E-state index < -0.39 is 11.1 Å². The van der Waals surface area contributed by atoms with E-state index in [1.54, 1.807) is 18.2 Å². The molecule has 1 unspecified atom stereocenters. The Labute approximate surface area is 79.0 Å². The van der Waals surface area contributed by atoms with Crippen LogP contribution in [0.5, 0.6) is 5.75 Å². The Morgan fingerprint density at radius 2 is 2.31 bits per heavy atom. The average molecular weight is 200 g/mol. The molecule has 5 heteroatoms. The van der Waals surface area contributed by atoms with Gasteiger partial charge in [0.05, 0.1) is 12.8 Å². The van der Waals surface area contributed by atoms with Gasteiger partial charge in [-0.15, -0.1) is 0 Å². The van der Waals surface area contributed by atoms with Crippen molar-refractivity contribution in [2.24, 2.45) is 0 Å². The van der Waals surface area contributed by atoms with Gasteiger partial charge < -0.3 is 15.0 Å². The molecule has 0 radical (unpaired) electrons. The van der Waals surface area contributed by atoms with Crippen LogP contribution in [0.4, 0.5) is 5.69 Å².